The van der Waals surface area contributed by atoms with Gasteiger partial charge in [0.1, 0.15) is 5.76 Å². The van der Waals surface area contributed by atoms with Crippen molar-refractivity contribution in [3.63, 3.8) is 0 Å². The van der Waals surface area contributed by atoms with Gasteiger partial charge in [0, 0.05) is 0 Å². The quantitative estimate of drug-likeness (QED) is 0.663. The van der Waals surface area contributed by atoms with Crippen molar-refractivity contribution in [2.45, 2.75) is 60.3 Å². The minimum Gasteiger partial charge on any atom is -0.508 e. The largest absolute Gasteiger partial charge is 0.508 e. The monoisotopic (exact) mass is 208 g/mol. The van der Waals surface area contributed by atoms with E-state index < -0.39 is 0 Å². The topological polar surface area (TPSA) is 20.2 Å². The maximum Gasteiger partial charge on any atom is 0.117 e. The lowest BCUT2D eigenvalue weighted by Gasteiger charge is -2.19. The molecule has 0 unspecified atom stereocenters. The number of allylic oxidation sites excluding steroid dienone is 3. The zero-order valence-electron chi connectivity index (χ0n) is 10.8. The molecule has 1 aliphatic carbocycles. The molecule has 0 bridgehead atoms. The average Bonchev–Trinajstić information content (AvgIpc) is 2.44. The van der Waals surface area contributed by atoms with Gasteiger partial charge in [0.15, 0.2) is 0 Å². The van der Waals surface area contributed by atoms with Crippen LogP contribution in [-0.2, 0) is 0 Å². The summed E-state index contributed by atoms with van der Waals surface area (Å²) in [6, 6.07) is 0. The Hall–Kier alpha value is -0.720. The maximum atomic E-state index is 10.2. The minimum absolute atomic E-state index is 0.274. The predicted molar refractivity (Wildman–Crippen MR) is 66.0 cm³/mol. The van der Waals surface area contributed by atoms with Crippen LogP contribution in [-0.4, -0.2) is 5.11 Å². The fourth-order valence-corrected chi connectivity index (χ4v) is 2.32. The molecule has 0 radical (unpaired) electrons. The molecule has 0 saturated heterocycles. The second kappa shape index (κ2) is 4.42. The highest BCUT2D eigenvalue weighted by Crippen LogP contribution is 2.44. The summed E-state index contributed by atoms with van der Waals surface area (Å²) < 4.78 is 0. The van der Waals surface area contributed by atoms with Crippen molar-refractivity contribution in [2.24, 2.45) is 5.41 Å². The Morgan fingerprint density at radius 2 is 1.80 bits per heavy atom. The molecule has 0 amide bonds. The van der Waals surface area contributed by atoms with E-state index in [1.165, 1.54) is 23.1 Å². The molecule has 0 atom stereocenters. The Morgan fingerprint density at radius 1 is 1.27 bits per heavy atom. The van der Waals surface area contributed by atoms with Crippen LogP contribution in [0.3, 0.4) is 0 Å². The summed E-state index contributed by atoms with van der Waals surface area (Å²) in [5.74, 6) is 0.586. The third-order valence-electron chi connectivity index (χ3n) is 3.94. The molecule has 0 aliphatic heterocycles. The number of aliphatic hydroxyl groups is 1. The summed E-state index contributed by atoms with van der Waals surface area (Å²) in [5.41, 5.74) is 4.05. The highest BCUT2D eigenvalue weighted by molar-refractivity contribution is 5.39. The number of aliphatic hydroxyl groups excluding tert-OH is 1. The van der Waals surface area contributed by atoms with E-state index in [0.717, 1.165) is 19.3 Å². The van der Waals surface area contributed by atoms with Crippen molar-refractivity contribution in [3.05, 3.63) is 22.5 Å². The van der Waals surface area contributed by atoms with Crippen LogP contribution in [0.4, 0.5) is 0 Å². The third kappa shape index (κ3) is 2.27. The zero-order valence-corrected chi connectivity index (χ0v) is 10.8. The number of rotatable bonds is 3. The molecule has 0 saturated carbocycles. The van der Waals surface area contributed by atoms with Gasteiger partial charge in [0.2, 0.25) is 0 Å². The molecular formula is C14H24O. The van der Waals surface area contributed by atoms with E-state index in [-0.39, 0.29) is 5.41 Å². The summed E-state index contributed by atoms with van der Waals surface area (Å²) in [4.78, 5) is 0. The predicted octanol–water partition coefficient (Wildman–Crippen LogP) is 4.76. The van der Waals surface area contributed by atoms with Gasteiger partial charge in [-0.25, -0.2) is 0 Å². The molecule has 0 aromatic heterocycles. The first-order valence-corrected chi connectivity index (χ1v) is 6.05. The van der Waals surface area contributed by atoms with Gasteiger partial charge in [-0.05, 0) is 49.2 Å². The van der Waals surface area contributed by atoms with Gasteiger partial charge in [-0.2, -0.15) is 0 Å². The normalized spacial score (nSPS) is 19.5. The molecule has 0 aromatic carbocycles. The van der Waals surface area contributed by atoms with Crippen LogP contribution in [0.5, 0.6) is 0 Å². The van der Waals surface area contributed by atoms with Crippen LogP contribution in [0.25, 0.3) is 0 Å². The fraction of sp³-hybridized carbons (Fsp3) is 0.714. The average molecular weight is 208 g/mol. The fourth-order valence-electron chi connectivity index (χ4n) is 2.32. The molecule has 0 spiro atoms. The lowest BCUT2D eigenvalue weighted by molar-refractivity contribution is 0.408. The lowest BCUT2D eigenvalue weighted by atomic mass is 9.86. The molecule has 1 aliphatic rings. The highest BCUT2D eigenvalue weighted by Gasteiger charge is 2.31. The molecule has 1 N–H and O–H groups in total. The minimum atomic E-state index is 0.274. The summed E-state index contributed by atoms with van der Waals surface area (Å²) in [7, 11) is 0. The first-order chi connectivity index (χ1) is 6.94. The van der Waals surface area contributed by atoms with E-state index in [1.54, 1.807) is 0 Å². The second-order valence-electron chi connectivity index (χ2n) is 5.15. The summed E-state index contributed by atoms with van der Waals surface area (Å²) in [6.07, 6.45) is 4.12. The number of hydrogen-bond donors (Lipinski definition) is 1. The first kappa shape index (κ1) is 12.4. The van der Waals surface area contributed by atoms with Gasteiger partial charge in [-0.3, -0.25) is 0 Å². The first-order valence-electron chi connectivity index (χ1n) is 6.05. The van der Waals surface area contributed by atoms with Crippen LogP contribution >= 0.6 is 0 Å². The van der Waals surface area contributed by atoms with E-state index in [2.05, 4.69) is 34.6 Å². The molecular weight excluding hydrogens is 184 g/mol. The standard InChI is InChI=1S/C14H24O/c1-6-11(7-2)13(15)12-8-9-14(4,5)10(12)3/h15H,6-9H2,1-5H3. The molecule has 15 heavy (non-hydrogen) atoms. The Kier molecular flexibility index (Phi) is 3.64. The molecule has 0 fully saturated rings. The van der Waals surface area contributed by atoms with E-state index in [1.807, 2.05) is 0 Å². The Bertz CT molecular complexity index is 299. The van der Waals surface area contributed by atoms with Crippen molar-refractivity contribution in [1.82, 2.24) is 0 Å². The van der Waals surface area contributed by atoms with Gasteiger partial charge in [0.05, 0.1) is 0 Å². The van der Waals surface area contributed by atoms with Gasteiger partial charge in [-0.1, -0.05) is 33.3 Å². The van der Waals surface area contributed by atoms with Gasteiger partial charge in [-0.15, -0.1) is 0 Å². The van der Waals surface area contributed by atoms with Gasteiger partial charge >= 0.3 is 0 Å². The van der Waals surface area contributed by atoms with Gasteiger partial charge < -0.3 is 5.11 Å². The Labute approximate surface area is 93.9 Å². The van der Waals surface area contributed by atoms with Crippen molar-refractivity contribution in [2.75, 3.05) is 0 Å². The smallest absolute Gasteiger partial charge is 0.117 e. The van der Waals surface area contributed by atoms with E-state index in [0.29, 0.717) is 5.76 Å². The van der Waals surface area contributed by atoms with Crippen molar-refractivity contribution < 1.29 is 5.11 Å². The van der Waals surface area contributed by atoms with Crippen LogP contribution in [0, 0.1) is 5.41 Å². The van der Waals surface area contributed by atoms with Crippen molar-refractivity contribution >= 4 is 0 Å². The zero-order chi connectivity index (χ0) is 11.6. The summed E-state index contributed by atoms with van der Waals surface area (Å²) >= 11 is 0. The van der Waals surface area contributed by atoms with E-state index >= 15 is 0 Å². The van der Waals surface area contributed by atoms with Crippen LogP contribution < -0.4 is 0 Å². The SMILES string of the molecule is CCC(CC)=C(O)C1=C(C)C(C)(C)CC1. The van der Waals surface area contributed by atoms with E-state index in [9.17, 15) is 5.11 Å². The molecule has 1 heteroatoms. The molecule has 1 nitrogen and oxygen atoms in total. The summed E-state index contributed by atoms with van der Waals surface area (Å²) in [6.45, 7) is 10.9. The Balaban J connectivity index is 3.10. The summed E-state index contributed by atoms with van der Waals surface area (Å²) in [5, 5.41) is 10.2. The molecule has 86 valence electrons. The molecule has 0 aromatic rings. The van der Waals surface area contributed by atoms with Gasteiger partial charge in [0.25, 0.3) is 0 Å². The van der Waals surface area contributed by atoms with Crippen LogP contribution in [0.1, 0.15) is 60.3 Å². The third-order valence-corrected chi connectivity index (χ3v) is 3.94. The van der Waals surface area contributed by atoms with Crippen LogP contribution in [0.2, 0.25) is 0 Å². The van der Waals surface area contributed by atoms with Crippen molar-refractivity contribution in [1.29, 1.82) is 0 Å². The number of hydrogen-bond acceptors (Lipinski definition) is 1. The highest BCUT2D eigenvalue weighted by atomic mass is 16.3. The second-order valence-corrected chi connectivity index (χ2v) is 5.15. The molecule has 0 heterocycles. The van der Waals surface area contributed by atoms with Crippen LogP contribution in [0.15, 0.2) is 22.5 Å². The molecule has 1 rings (SSSR count). The van der Waals surface area contributed by atoms with E-state index in [4.69, 9.17) is 0 Å². The maximum absolute atomic E-state index is 10.2. The van der Waals surface area contributed by atoms with Crippen molar-refractivity contribution in [3.8, 4) is 0 Å². The Morgan fingerprint density at radius 3 is 2.13 bits per heavy atom. The lowest BCUT2D eigenvalue weighted by Crippen LogP contribution is -2.07.